The van der Waals surface area contributed by atoms with Gasteiger partial charge in [0.05, 0.1) is 0 Å². The van der Waals surface area contributed by atoms with Gasteiger partial charge in [0.15, 0.2) is 35.1 Å². The Bertz CT molecular complexity index is 1530. The monoisotopic (exact) mass is 544 g/mol. The second-order valence-corrected chi connectivity index (χ2v) is 11.6. The topological polar surface area (TPSA) is 98.8 Å². The molecule has 7 atom stereocenters. The van der Waals surface area contributed by atoms with Gasteiger partial charge in [-0.25, -0.2) is 4.79 Å². The zero-order chi connectivity index (χ0) is 27.4. The minimum absolute atomic E-state index is 0.0924. The fourth-order valence-electron chi connectivity index (χ4n) is 7.65. The van der Waals surface area contributed by atoms with Gasteiger partial charge in [0, 0.05) is 22.6 Å². The van der Waals surface area contributed by atoms with E-state index in [9.17, 15) is 9.59 Å². The van der Waals surface area contributed by atoms with Gasteiger partial charge in [-0.2, -0.15) is 0 Å². The first-order valence-electron chi connectivity index (χ1n) is 13.6. The highest BCUT2D eigenvalue weighted by Crippen LogP contribution is 2.66. The summed E-state index contributed by atoms with van der Waals surface area (Å²) in [6.07, 6.45) is 1.04. The highest BCUT2D eigenvalue weighted by Gasteiger charge is 2.78. The first kappa shape index (κ1) is 24.0. The van der Waals surface area contributed by atoms with E-state index in [1.54, 1.807) is 0 Å². The molecule has 40 heavy (non-hydrogen) atoms. The molecule has 0 aromatic heterocycles. The zero-order valence-corrected chi connectivity index (χ0v) is 22.1. The van der Waals surface area contributed by atoms with Crippen LogP contribution in [0.5, 0.6) is 23.0 Å². The molecule has 206 valence electrons. The van der Waals surface area contributed by atoms with Crippen molar-refractivity contribution in [3.8, 4) is 23.0 Å². The second kappa shape index (κ2) is 8.11. The smallest absolute Gasteiger partial charge is 0.334 e. The maximum atomic E-state index is 14.6. The van der Waals surface area contributed by atoms with Crippen LogP contribution in [0.25, 0.3) is 6.08 Å². The van der Waals surface area contributed by atoms with Gasteiger partial charge in [0.25, 0.3) is 0 Å². The van der Waals surface area contributed by atoms with Crippen molar-refractivity contribution >= 4 is 17.8 Å². The molecule has 8 rings (SSSR count). The van der Waals surface area contributed by atoms with Crippen molar-refractivity contribution in [2.75, 3.05) is 13.6 Å². The average molecular weight is 545 g/mol. The normalized spacial score (nSPS) is 37.8. The molecule has 0 radical (unpaired) electrons. The number of carbonyl (C=O) groups excluding carboxylic acids is 2. The number of carbonyl (C=O) groups is 2. The predicted octanol–water partition coefficient (Wildman–Crippen LogP) is 4.50. The molecule has 2 aliphatic carbocycles. The van der Waals surface area contributed by atoms with Crippen LogP contribution in [0, 0.1) is 17.3 Å². The Kier molecular flexibility index (Phi) is 4.87. The number of ketones is 1. The molecule has 9 nitrogen and oxygen atoms in total. The van der Waals surface area contributed by atoms with E-state index in [2.05, 4.69) is 13.5 Å². The van der Waals surface area contributed by atoms with Gasteiger partial charge in [-0.05, 0) is 67.7 Å². The van der Waals surface area contributed by atoms with Gasteiger partial charge >= 0.3 is 5.97 Å². The lowest BCUT2D eigenvalue weighted by atomic mass is 9.64. The average Bonchev–Trinajstić information content (AvgIpc) is 3.75. The third kappa shape index (κ3) is 2.94. The van der Waals surface area contributed by atoms with E-state index in [0.29, 0.717) is 47.0 Å². The van der Waals surface area contributed by atoms with Crippen molar-refractivity contribution in [1.29, 1.82) is 0 Å². The fourth-order valence-corrected chi connectivity index (χ4v) is 7.65. The Morgan fingerprint density at radius 2 is 1.62 bits per heavy atom. The molecule has 0 bridgehead atoms. The maximum absolute atomic E-state index is 14.6. The van der Waals surface area contributed by atoms with Crippen molar-refractivity contribution in [1.82, 2.24) is 0 Å². The number of hydrogen-bond acceptors (Lipinski definition) is 9. The van der Waals surface area contributed by atoms with Gasteiger partial charge in [0.1, 0.15) is 23.2 Å². The quantitative estimate of drug-likeness (QED) is 0.400. The molecule has 0 amide bonds. The lowest BCUT2D eigenvalue weighted by molar-refractivity contribution is -0.191. The summed E-state index contributed by atoms with van der Waals surface area (Å²) in [7, 11) is 0. The van der Waals surface area contributed by atoms with Gasteiger partial charge < -0.3 is 33.2 Å². The highest BCUT2D eigenvalue weighted by atomic mass is 16.7. The van der Waals surface area contributed by atoms with E-state index in [0.717, 1.165) is 11.1 Å². The molecule has 4 heterocycles. The van der Waals surface area contributed by atoms with Crippen LogP contribution < -0.4 is 18.9 Å². The van der Waals surface area contributed by atoms with E-state index in [1.165, 1.54) is 0 Å². The number of rotatable bonds is 2. The Hall–Kier alpha value is -3.82. The fraction of sp³-hybridized carbons (Fsp3) is 0.419. The lowest BCUT2D eigenvalue weighted by Crippen LogP contribution is -2.59. The summed E-state index contributed by atoms with van der Waals surface area (Å²) in [4.78, 5) is 27.4. The Labute approximate surface area is 230 Å². The molecule has 6 aliphatic rings. The number of hydrogen-bond donors (Lipinski definition) is 0. The molecule has 0 N–H and O–H groups in total. The van der Waals surface area contributed by atoms with Gasteiger partial charge in [-0.3, -0.25) is 4.79 Å². The van der Waals surface area contributed by atoms with Crippen LogP contribution >= 0.6 is 0 Å². The third-order valence-electron chi connectivity index (χ3n) is 9.69. The summed E-state index contributed by atoms with van der Waals surface area (Å²) in [5.74, 6) is 1.58. The van der Waals surface area contributed by atoms with Crippen molar-refractivity contribution in [2.24, 2.45) is 17.3 Å². The number of benzene rings is 2. The van der Waals surface area contributed by atoms with Crippen molar-refractivity contribution in [3.05, 3.63) is 65.3 Å². The lowest BCUT2D eigenvalue weighted by Gasteiger charge is -2.45. The molecule has 4 aliphatic heterocycles. The summed E-state index contributed by atoms with van der Waals surface area (Å²) in [6.45, 7) is 8.31. The minimum Gasteiger partial charge on any atom is -0.457 e. The number of esters is 1. The highest BCUT2D eigenvalue weighted by molar-refractivity contribution is 6.10. The molecule has 2 saturated carbocycles. The number of ether oxygens (including phenoxy) is 7. The second-order valence-electron chi connectivity index (χ2n) is 11.6. The molecule has 2 saturated heterocycles. The van der Waals surface area contributed by atoms with Crippen LogP contribution in [-0.2, 0) is 23.8 Å². The van der Waals surface area contributed by atoms with E-state index in [-0.39, 0.29) is 31.2 Å². The van der Waals surface area contributed by atoms with Gasteiger partial charge in [0.2, 0.25) is 13.6 Å². The molecule has 2 aromatic carbocycles. The summed E-state index contributed by atoms with van der Waals surface area (Å²) >= 11 is 0. The Balaban J connectivity index is 1.29. The van der Waals surface area contributed by atoms with Crippen LogP contribution in [0.15, 0.2) is 54.1 Å². The molecule has 2 aromatic rings. The molecule has 1 spiro atoms. The summed E-state index contributed by atoms with van der Waals surface area (Å²) in [5.41, 5.74) is 0.129. The molecule has 9 heteroatoms. The van der Waals surface area contributed by atoms with E-state index in [1.807, 2.05) is 49.4 Å². The molecular weight excluding hydrogens is 516 g/mol. The van der Waals surface area contributed by atoms with Crippen molar-refractivity contribution < 1.29 is 42.7 Å². The zero-order valence-electron chi connectivity index (χ0n) is 22.1. The van der Waals surface area contributed by atoms with Crippen LogP contribution in [0.4, 0.5) is 0 Å². The first-order chi connectivity index (χ1) is 19.3. The van der Waals surface area contributed by atoms with Gasteiger partial charge in [-0.1, -0.05) is 19.6 Å². The van der Waals surface area contributed by atoms with Crippen LogP contribution in [0.3, 0.4) is 0 Å². The summed E-state index contributed by atoms with van der Waals surface area (Å²) in [5, 5.41) is 0. The Morgan fingerprint density at radius 1 is 0.925 bits per heavy atom. The number of Topliss-reactive ketones (excluding diaryl/α,β-unsaturated/α-hetero) is 1. The third-order valence-corrected chi connectivity index (χ3v) is 9.69. The van der Waals surface area contributed by atoms with Gasteiger partial charge in [-0.15, -0.1) is 0 Å². The standard InChI is InChI=1S/C31H28O9/c1-15-4-7-19-16(2)28(33)38-26(19)30(3)25(32)20(10-17-5-8-21-23(11-17)36-13-34-21)27-31(15,30)40-29(39-27)18-6-9-22-24(12-18)37-14-35-22/h5-6,8-12,15,19,26-27,29H,2,4,7,13-14H2,1,3H3/b20-10-/t15-,19-,26+,27-,29?,30-,31-/m0/s1. The molecular formula is C31H28O9. The SMILES string of the molecule is C=C1C(=O)O[C@@H]2[C@H]1CC[C@H](C)[C@]13OC(c4ccc5c(c4)OCO5)O[C@H]1/C(=C\c1ccc4c(c1)OCO4)C(=O)[C@@]23C. The van der Waals surface area contributed by atoms with Crippen LogP contribution in [0.2, 0.25) is 0 Å². The Morgan fingerprint density at radius 3 is 2.40 bits per heavy atom. The first-order valence-corrected chi connectivity index (χ1v) is 13.6. The molecule has 4 fully saturated rings. The van der Waals surface area contributed by atoms with Crippen LogP contribution in [0.1, 0.15) is 44.1 Å². The summed E-state index contributed by atoms with van der Waals surface area (Å²) < 4.78 is 41.8. The van der Waals surface area contributed by atoms with Crippen LogP contribution in [-0.4, -0.2) is 43.1 Å². The molecule has 1 unspecified atom stereocenters. The predicted molar refractivity (Wildman–Crippen MR) is 139 cm³/mol. The van der Waals surface area contributed by atoms with Crippen molar-refractivity contribution in [3.63, 3.8) is 0 Å². The van der Waals surface area contributed by atoms with E-state index < -0.39 is 35.5 Å². The largest absolute Gasteiger partial charge is 0.457 e. The minimum atomic E-state index is -1.21. The maximum Gasteiger partial charge on any atom is 0.334 e. The van der Waals surface area contributed by atoms with E-state index in [4.69, 9.17) is 33.2 Å². The van der Waals surface area contributed by atoms with Crippen molar-refractivity contribution in [2.45, 2.75) is 50.8 Å². The number of fused-ring (bicyclic) bond motifs is 4. The summed E-state index contributed by atoms with van der Waals surface area (Å²) in [6, 6.07) is 11.1. The van der Waals surface area contributed by atoms with E-state index >= 15 is 0 Å².